The van der Waals surface area contributed by atoms with Crippen molar-refractivity contribution in [2.24, 2.45) is 0 Å². The molecule has 0 atom stereocenters. The van der Waals surface area contributed by atoms with Gasteiger partial charge in [-0.2, -0.15) is 0 Å². The van der Waals surface area contributed by atoms with Crippen molar-refractivity contribution in [2.45, 2.75) is 0 Å². The van der Waals surface area contributed by atoms with Crippen LogP contribution in [0.25, 0.3) is 144 Å². The van der Waals surface area contributed by atoms with Crippen molar-refractivity contribution in [1.82, 2.24) is 24.9 Å². The van der Waals surface area contributed by atoms with Crippen LogP contribution >= 0.6 is 0 Å². The molecule has 14 rings (SSSR count). The van der Waals surface area contributed by atoms with Crippen molar-refractivity contribution < 1.29 is 0 Å². The molecule has 66 heavy (non-hydrogen) atoms. The molecule has 0 aliphatic heterocycles. The molecule has 0 unspecified atom stereocenters. The van der Waals surface area contributed by atoms with E-state index >= 15 is 0 Å². The number of fused-ring (bicyclic) bond motifs is 7. The highest BCUT2D eigenvalue weighted by Gasteiger charge is 2.25. The van der Waals surface area contributed by atoms with Gasteiger partial charge in [-0.15, -0.1) is 0 Å². The lowest BCUT2D eigenvalue weighted by molar-refractivity contribution is 1.07. The fourth-order valence-corrected chi connectivity index (χ4v) is 10.5. The summed E-state index contributed by atoms with van der Waals surface area (Å²) >= 11 is 0. The SMILES string of the molecule is c1ccc2c(c1)-c1cccc3c(-c4cc(-c5nc(-c6ccc(-c7cncnc7)cc6)nc(-c6ccc7ccccc7c6)n5)cc(-c5ccc6c7c(cccc57)-c5ccccc5-6)c4)ccc-2c13. The van der Waals surface area contributed by atoms with E-state index in [2.05, 4.69) is 204 Å². The Morgan fingerprint density at radius 1 is 0.242 bits per heavy atom. The van der Waals surface area contributed by atoms with Gasteiger partial charge >= 0.3 is 0 Å². The third-order valence-corrected chi connectivity index (χ3v) is 13.6. The van der Waals surface area contributed by atoms with Crippen LogP contribution in [0.15, 0.2) is 213 Å². The maximum Gasteiger partial charge on any atom is 0.164 e. The molecule has 5 nitrogen and oxygen atoms in total. The zero-order valence-electron chi connectivity index (χ0n) is 35.4. The summed E-state index contributed by atoms with van der Waals surface area (Å²) < 4.78 is 0. The summed E-state index contributed by atoms with van der Waals surface area (Å²) in [5.74, 6) is 1.81. The fraction of sp³-hybridized carbons (Fsp3) is 0. The second-order valence-corrected chi connectivity index (χ2v) is 17.2. The van der Waals surface area contributed by atoms with Gasteiger partial charge in [0.05, 0.1) is 0 Å². The van der Waals surface area contributed by atoms with Gasteiger partial charge in [0.15, 0.2) is 17.5 Å². The van der Waals surface area contributed by atoms with E-state index in [1.807, 2.05) is 12.4 Å². The Balaban J connectivity index is 1.01. The van der Waals surface area contributed by atoms with E-state index in [-0.39, 0.29) is 0 Å². The van der Waals surface area contributed by atoms with Gasteiger partial charge in [-0.3, -0.25) is 0 Å². The Kier molecular flexibility index (Phi) is 7.91. The monoisotopic (exact) mass is 837 g/mol. The molecule has 2 aliphatic carbocycles. The smallest absolute Gasteiger partial charge is 0.164 e. The molecule has 0 spiro atoms. The van der Waals surface area contributed by atoms with Crippen LogP contribution in [0.3, 0.4) is 0 Å². The molecule has 2 aromatic heterocycles. The van der Waals surface area contributed by atoms with Crippen LogP contribution in [0.5, 0.6) is 0 Å². The number of nitrogens with zero attached hydrogens (tertiary/aromatic N) is 5. The summed E-state index contributed by atoms with van der Waals surface area (Å²) in [6.07, 6.45) is 5.20. The molecule has 0 radical (unpaired) electrons. The molecule has 10 aromatic carbocycles. The molecule has 304 valence electrons. The maximum atomic E-state index is 5.36. The lowest BCUT2D eigenvalue weighted by atomic mass is 9.89. The summed E-state index contributed by atoms with van der Waals surface area (Å²) in [6, 6.07) is 70.2. The number of rotatable bonds is 6. The van der Waals surface area contributed by atoms with Gasteiger partial charge in [-0.25, -0.2) is 24.9 Å². The minimum atomic E-state index is 0.595. The number of hydrogen-bond donors (Lipinski definition) is 0. The Morgan fingerprint density at radius 2 is 0.667 bits per heavy atom. The zero-order chi connectivity index (χ0) is 43.3. The predicted octanol–water partition coefficient (Wildman–Crippen LogP) is 15.4. The van der Waals surface area contributed by atoms with Crippen molar-refractivity contribution in [3.05, 3.63) is 213 Å². The van der Waals surface area contributed by atoms with Crippen LogP contribution in [0.1, 0.15) is 0 Å². The van der Waals surface area contributed by atoms with Gasteiger partial charge in [-0.1, -0.05) is 170 Å². The van der Waals surface area contributed by atoms with E-state index in [1.165, 1.54) is 66.1 Å². The topological polar surface area (TPSA) is 64.5 Å². The first kappa shape index (κ1) is 36.5. The highest BCUT2D eigenvalue weighted by molar-refractivity contribution is 6.20. The zero-order valence-corrected chi connectivity index (χ0v) is 35.4. The highest BCUT2D eigenvalue weighted by atomic mass is 15.0. The lowest BCUT2D eigenvalue weighted by Gasteiger charge is -2.16. The van der Waals surface area contributed by atoms with Gasteiger partial charge < -0.3 is 0 Å². The molecule has 0 saturated carbocycles. The molecule has 5 heteroatoms. The van der Waals surface area contributed by atoms with Crippen LogP contribution in [0.2, 0.25) is 0 Å². The number of benzene rings is 10. The maximum absolute atomic E-state index is 5.36. The molecule has 0 fully saturated rings. The van der Waals surface area contributed by atoms with Gasteiger partial charge in [0.25, 0.3) is 0 Å². The van der Waals surface area contributed by atoms with Crippen molar-refractivity contribution in [3.8, 4) is 112 Å². The van der Waals surface area contributed by atoms with Crippen molar-refractivity contribution >= 4 is 32.3 Å². The molecular formula is C61H35N5. The van der Waals surface area contributed by atoms with Gasteiger partial charge in [-0.05, 0) is 129 Å². The van der Waals surface area contributed by atoms with Crippen molar-refractivity contribution in [1.29, 1.82) is 0 Å². The Labute approximate surface area is 380 Å². The molecule has 0 N–H and O–H groups in total. The molecule has 2 heterocycles. The van der Waals surface area contributed by atoms with Gasteiger partial charge in [0.2, 0.25) is 0 Å². The summed E-state index contributed by atoms with van der Waals surface area (Å²) in [7, 11) is 0. The average molecular weight is 838 g/mol. The second-order valence-electron chi connectivity index (χ2n) is 17.2. The van der Waals surface area contributed by atoms with E-state index < -0.39 is 0 Å². The molecule has 0 amide bonds. The van der Waals surface area contributed by atoms with Gasteiger partial charge in [0, 0.05) is 34.6 Å². The van der Waals surface area contributed by atoms with Crippen molar-refractivity contribution in [2.75, 3.05) is 0 Å². The van der Waals surface area contributed by atoms with E-state index in [4.69, 9.17) is 15.0 Å². The van der Waals surface area contributed by atoms with Crippen LogP contribution < -0.4 is 0 Å². The molecule has 0 saturated heterocycles. The molecule has 12 aromatic rings. The Hall–Kier alpha value is -8.93. The first-order chi connectivity index (χ1) is 32.7. The third kappa shape index (κ3) is 5.63. The van der Waals surface area contributed by atoms with E-state index in [0.29, 0.717) is 17.5 Å². The number of aromatic nitrogens is 5. The summed E-state index contributed by atoms with van der Waals surface area (Å²) in [5, 5.41) is 7.31. The molecule has 2 aliphatic rings. The molecular weight excluding hydrogens is 803 g/mol. The largest absolute Gasteiger partial charge is 0.244 e. The standard InChI is InChI=1S/C61H35N5/c1-2-10-39-29-40(24-21-36(39)9-1)60-64-59(38-22-19-37(20-23-38)44-33-62-35-63-34-44)65-61(66-60)43-31-41(45-25-27-55-49-13-5-3-11-47(49)53-17-7-15-51(45)57(53)55)30-42(32-43)46-26-28-56-50-14-6-4-12-48(50)54-18-8-16-52(46)58(54)56/h1-35H. The van der Waals surface area contributed by atoms with Crippen LogP contribution in [0, 0.1) is 0 Å². The second kappa shape index (κ2) is 14.3. The third-order valence-electron chi connectivity index (χ3n) is 13.6. The van der Waals surface area contributed by atoms with Gasteiger partial charge in [0.1, 0.15) is 6.33 Å². The minimum Gasteiger partial charge on any atom is -0.244 e. The van der Waals surface area contributed by atoms with Crippen LogP contribution in [-0.4, -0.2) is 24.9 Å². The van der Waals surface area contributed by atoms with E-state index in [9.17, 15) is 0 Å². The number of hydrogen-bond acceptors (Lipinski definition) is 5. The van der Waals surface area contributed by atoms with E-state index in [0.717, 1.165) is 60.8 Å². The first-order valence-electron chi connectivity index (χ1n) is 22.3. The predicted molar refractivity (Wildman–Crippen MR) is 269 cm³/mol. The summed E-state index contributed by atoms with van der Waals surface area (Å²) in [6.45, 7) is 0. The highest BCUT2D eigenvalue weighted by Crippen LogP contribution is 2.52. The Bertz CT molecular complexity index is 3780. The quantitative estimate of drug-likeness (QED) is 0.167. The fourth-order valence-electron chi connectivity index (χ4n) is 10.5. The average Bonchev–Trinajstić information content (AvgIpc) is 3.90. The first-order valence-corrected chi connectivity index (χ1v) is 22.3. The van der Waals surface area contributed by atoms with Crippen LogP contribution in [0.4, 0.5) is 0 Å². The summed E-state index contributed by atoms with van der Waals surface area (Å²) in [4.78, 5) is 24.4. The van der Waals surface area contributed by atoms with Crippen LogP contribution in [-0.2, 0) is 0 Å². The van der Waals surface area contributed by atoms with E-state index in [1.54, 1.807) is 6.33 Å². The summed E-state index contributed by atoms with van der Waals surface area (Å²) in [5.41, 5.74) is 19.4. The normalized spacial score (nSPS) is 11.9. The molecule has 0 bridgehead atoms. The lowest BCUT2D eigenvalue weighted by Crippen LogP contribution is -2.01. The van der Waals surface area contributed by atoms with Crippen molar-refractivity contribution in [3.63, 3.8) is 0 Å². The Morgan fingerprint density at radius 3 is 1.24 bits per heavy atom. The minimum absolute atomic E-state index is 0.595.